The van der Waals surface area contributed by atoms with Crippen LogP contribution < -0.4 is 0 Å². The number of aliphatic carboxylic acids is 1. The molecule has 1 aromatic carbocycles. The highest BCUT2D eigenvalue weighted by atomic mass is 16.5. The fourth-order valence-electron chi connectivity index (χ4n) is 2.09. The lowest BCUT2D eigenvalue weighted by molar-refractivity contribution is -0.167. The molecule has 110 valence electrons. The predicted octanol–water partition coefficient (Wildman–Crippen LogP) is 2.43. The van der Waals surface area contributed by atoms with Gasteiger partial charge >= 0.3 is 11.9 Å². The van der Waals surface area contributed by atoms with E-state index < -0.39 is 17.4 Å². The van der Waals surface area contributed by atoms with E-state index in [4.69, 9.17) is 4.74 Å². The number of pyridine rings is 1. The van der Waals surface area contributed by atoms with Crippen LogP contribution in [0.2, 0.25) is 0 Å². The van der Waals surface area contributed by atoms with E-state index in [1.165, 1.54) is 6.92 Å². The number of aromatic nitrogens is 1. The van der Waals surface area contributed by atoms with Crippen molar-refractivity contribution in [1.29, 1.82) is 0 Å². The largest absolute Gasteiger partial charge is 0.480 e. The molecule has 0 saturated heterocycles. The number of hydrogen-bond donors (Lipinski definition) is 1. The zero-order valence-corrected chi connectivity index (χ0v) is 12.0. The van der Waals surface area contributed by atoms with E-state index in [0.29, 0.717) is 5.69 Å². The Bertz CT molecular complexity index is 683. The third kappa shape index (κ3) is 3.02. The smallest absolute Gasteiger partial charge is 0.323 e. The number of para-hydroxylation sites is 1. The van der Waals surface area contributed by atoms with Crippen molar-refractivity contribution in [2.45, 2.75) is 20.3 Å². The van der Waals surface area contributed by atoms with Crippen LogP contribution in [-0.2, 0) is 20.7 Å². The molecule has 0 saturated carbocycles. The second-order valence-corrected chi connectivity index (χ2v) is 5.03. The summed E-state index contributed by atoms with van der Waals surface area (Å²) in [7, 11) is 0. The first-order valence-electron chi connectivity index (χ1n) is 6.72. The van der Waals surface area contributed by atoms with Gasteiger partial charge in [-0.15, -0.1) is 0 Å². The molecule has 1 unspecified atom stereocenters. The first-order valence-corrected chi connectivity index (χ1v) is 6.72. The molecule has 1 atom stereocenters. The minimum absolute atomic E-state index is 0.00794. The molecular formula is C16H17NO4. The number of carbonyl (C=O) groups excluding carboxylic acids is 1. The number of carboxylic acid groups (broad SMARTS) is 1. The average Bonchev–Trinajstić information content (AvgIpc) is 2.47. The Morgan fingerprint density at radius 2 is 1.95 bits per heavy atom. The van der Waals surface area contributed by atoms with Gasteiger partial charge in [0.05, 0.1) is 12.1 Å². The van der Waals surface area contributed by atoms with E-state index in [9.17, 15) is 14.7 Å². The highest BCUT2D eigenvalue weighted by Gasteiger charge is 2.43. The zero-order chi connectivity index (χ0) is 15.5. The summed E-state index contributed by atoms with van der Waals surface area (Å²) in [6, 6.07) is 11.1. The van der Waals surface area contributed by atoms with E-state index in [1.807, 2.05) is 30.3 Å². The first-order chi connectivity index (χ1) is 9.97. The molecule has 1 aromatic heterocycles. The Morgan fingerprint density at radius 3 is 2.62 bits per heavy atom. The number of benzene rings is 1. The number of fused-ring (bicyclic) bond motifs is 1. The number of ether oxygens (including phenoxy) is 1. The lowest BCUT2D eigenvalue weighted by Gasteiger charge is -2.22. The minimum Gasteiger partial charge on any atom is -0.480 e. The molecule has 0 fully saturated rings. The van der Waals surface area contributed by atoms with Crippen molar-refractivity contribution in [3.63, 3.8) is 0 Å². The van der Waals surface area contributed by atoms with Crippen LogP contribution in [0.15, 0.2) is 36.4 Å². The molecule has 1 heterocycles. The molecule has 0 spiro atoms. The van der Waals surface area contributed by atoms with Crippen molar-refractivity contribution < 1.29 is 19.4 Å². The molecule has 0 bridgehead atoms. The van der Waals surface area contributed by atoms with Gasteiger partial charge in [0.25, 0.3) is 0 Å². The van der Waals surface area contributed by atoms with Gasteiger partial charge in [0.1, 0.15) is 0 Å². The highest BCUT2D eigenvalue weighted by Crippen LogP contribution is 2.25. The molecule has 5 heteroatoms. The molecule has 2 aromatic rings. The minimum atomic E-state index is -1.63. The lowest BCUT2D eigenvalue weighted by atomic mass is 9.85. The van der Waals surface area contributed by atoms with Crippen molar-refractivity contribution in [3.8, 4) is 0 Å². The van der Waals surface area contributed by atoms with E-state index in [-0.39, 0.29) is 13.0 Å². The summed E-state index contributed by atoms with van der Waals surface area (Å²) in [6.07, 6.45) is -0.00794. The number of carbonyl (C=O) groups is 2. The van der Waals surface area contributed by atoms with Crippen molar-refractivity contribution in [1.82, 2.24) is 4.98 Å². The predicted molar refractivity (Wildman–Crippen MR) is 77.8 cm³/mol. The fourth-order valence-corrected chi connectivity index (χ4v) is 2.09. The van der Waals surface area contributed by atoms with Crippen LogP contribution >= 0.6 is 0 Å². The third-order valence-corrected chi connectivity index (χ3v) is 3.39. The van der Waals surface area contributed by atoms with E-state index in [2.05, 4.69) is 4.98 Å². The molecule has 1 N–H and O–H groups in total. The molecule has 5 nitrogen and oxygen atoms in total. The summed E-state index contributed by atoms with van der Waals surface area (Å²) in [6.45, 7) is 3.16. The molecule has 0 aliphatic rings. The monoisotopic (exact) mass is 287 g/mol. The summed E-state index contributed by atoms with van der Waals surface area (Å²) in [5, 5.41) is 10.3. The Kier molecular flexibility index (Phi) is 4.21. The van der Waals surface area contributed by atoms with Crippen molar-refractivity contribution in [2.24, 2.45) is 5.41 Å². The normalized spacial score (nSPS) is 13.6. The zero-order valence-electron chi connectivity index (χ0n) is 12.0. The van der Waals surface area contributed by atoms with Gasteiger partial charge in [-0.1, -0.05) is 24.3 Å². The van der Waals surface area contributed by atoms with E-state index in [0.717, 1.165) is 10.9 Å². The van der Waals surface area contributed by atoms with Crippen LogP contribution in [0.3, 0.4) is 0 Å². The Labute approximate surface area is 122 Å². The summed E-state index contributed by atoms with van der Waals surface area (Å²) in [5.74, 6) is -1.96. The number of nitrogens with zero attached hydrogens (tertiary/aromatic N) is 1. The Morgan fingerprint density at radius 1 is 1.24 bits per heavy atom. The Hall–Kier alpha value is -2.43. The maximum Gasteiger partial charge on any atom is 0.323 e. The number of esters is 1. The van der Waals surface area contributed by atoms with Crippen LogP contribution in [0.25, 0.3) is 10.9 Å². The van der Waals surface area contributed by atoms with Crippen molar-refractivity contribution >= 4 is 22.8 Å². The van der Waals surface area contributed by atoms with Gasteiger partial charge in [-0.05, 0) is 26.0 Å². The number of carboxylic acids is 1. The molecule has 0 amide bonds. The standard InChI is InChI=1S/C16H17NO4/c1-3-21-15(20)16(2,14(18)19)10-12-9-8-11-6-4-5-7-13(11)17-12/h4-9H,3,10H2,1-2H3,(H,18,19). The average molecular weight is 287 g/mol. The third-order valence-electron chi connectivity index (χ3n) is 3.39. The van der Waals surface area contributed by atoms with Crippen LogP contribution in [0.1, 0.15) is 19.5 Å². The van der Waals surface area contributed by atoms with Gasteiger partial charge in [0.15, 0.2) is 5.41 Å². The summed E-state index contributed by atoms with van der Waals surface area (Å²) in [5.41, 5.74) is -0.316. The lowest BCUT2D eigenvalue weighted by Crippen LogP contribution is -2.40. The fraction of sp³-hybridized carbons (Fsp3) is 0.312. The van der Waals surface area contributed by atoms with E-state index >= 15 is 0 Å². The molecule has 21 heavy (non-hydrogen) atoms. The van der Waals surface area contributed by atoms with Gasteiger partial charge in [0, 0.05) is 17.5 Å². The quantitative estimate of drug-likeness (QED) is 0.675. The second kappa shape index (κ2) is 5.91. The number of hydrogen-bond acceptors (Lipinski definition) is 4. The summed E-state index contributed by atoms with van der Waals surface area (Å²) in [4.78, 5) is 27.8. The summed E-state index contributed by atoms with van der Waals surface area (Å²) >= 11 is 0. The highest BCUT2D eigenvalue weighted by molar-refractivity contribution is 5.99. The topological polar surface area (TPSA) is 76.5 Å². The number of rotatable bonds is 5. The van der Waals surface area contributed by atoms with Crippen LogP contribution in [0, 0.1) is 5.41 Å². The van der Waals surface area contributed by atoms with Gasteiger partial charge in [-0.2, -0.15) is 0 Å². The SMILES string of the molecule is CCOC(=O)C(C)(Cc1ccc2ccccc2n1)C(=O)O. The second-order valence-electron chi connectivity index (χ2n) is 5.03. The van der Waals surface area contributed by atoms with Crippen molar-refractivity contribution in [2.75, 3.05) is 6.61 Å². The molecule has 2 rings (SSSR count). The van der Waals surface area contributed by atoms with Crippen LogP contribution in [0.4, 0.5) is 0 Å². The van der Waals surface area contributed by atoms with E-state index in [1.54, 1.807) is 13.0 Å². The van der Waals surface area contributed by atoms with Gasteiger partial charge in [0.2, 0.25) is 0 Å². The van der Waals surface area contributed by atoms with Gasteiger partial charge < -0.3 is 9.84 Å². The molecule has 0 radical (unpaired) electrons. The molecule has 0 aliphatic carbocycles. The molecular weight excluding hydrogens is 270 g/mol. The first kappa shape index (κ1) is 15.0. The van der Waals surface area contributed by atoms with Crippen molar-refractivity contribution in [3.05, 3.63) is 42.1 Å². The van der Waals surface area contributed by atoms with Gasteiger partial charge in [-0.3, -0.25) is 14.6 Å². The molecule has 0 aliphatic heterocycles. The summed E-state index contributed by atoms with van der Waals surface area (Å²) < 4.78 is 4.88. The Balaban J connectivity index is 2.34. The maximum atomic E-state index is 11.9. The van der Waals surface area contributed by atoms with Gasteiger partial charge in [-0.25, -0.2) is 0 Å². The van der Waals surface area contributed by atoms with Crippen LogP contribution in [-0.4, -0.2) is 28.6 Å². The maximum absolute atomic E-state index is 11.9. The van der Waals surface area contributed by atoms with Crippen LogP contribution in [0.5, 0.6) is 0 Å².